The number of amides is 1. The Morgan fingerprint density at radius 2 is 2.08 bits per heavy atom. The fourth-order valence-electron chi connectivity index (χ4n) is 3.06. The predicted octanol–water partition coefficient (Wildman–Crippen LogP) is 1.02. The summed E-state index contributed by atoms with van der Waals surface area (Å²) in [4.78, 5) is 15.9. The zero-order valence-electron chi connectivity index (χ0n) is 14.3. The average molecular weight is 355 g/mol. The van der Waals surface area contributed by atoms with Crippen LogP contribution in [0.3, 0.4) is 0 Å². The van der Waals surface area contributed by atoms with Crippen molar-refractivity contribution >= 4 is 15.7 Å². The number of rotatable bonds is 7. The smallest absolute Gasteiger partial charge is 0.223 e. The number of carbonyl (C=O) groups excluding carboxylic acids is 1. The van der Waals surface area contributed by atoms with Crippen LogP contribution in [0.4, 0.5) is 0 Å². The Labute approximate surface area is 142 Å². The molecule has 134 valence electrons. The second-order valence-electron chi connectivity index (χ2n) is 7.03. The summed E-state index contributed by atoms with van der Waals surface area (Å²) in [5.74, 6) is 1.93. The van der Waals surface area contributed by atoms with Crippen molar-refractivity contribution in [3.05, 3.63) is 17.5 Å². The van der Waals surface area contributed by atoms with Crippen LogP contribution in [0.5, 0.6) is 0 Å². The summed E-state index contributed by atoms with van der Waals surface area (Å²) in [6.07, 6.45) is 3.35. The van der Waals surface area contributed by atoms with E-state index in [1.807, 2.05) is 18.0 Å². The molecule has 24 heavy (non-hydrogen) atoms. The average Bonchev–Trinajstić information content (AvgIpc) is 3.17. The van der Waals surface area contributed by atoms with Gasteiger partial charge in [-0.25, -0.2) is 8.42 Å². The largest absolute Gasteiger partial charge is 0.361 e. The number of nitrogens with zero attached hydrogens (tertiary/aromatic N) is 3. The van der Waals surface area contributed by atoms with Gasteiger partial charge in [-0.2, -0.15) is 0 Å². The van der Waals surface area contributed by atoms with Crippen LogP contribution in [0.25, 0.3) is 0 Å². The van der Waals surface area contributed by atoms with Crippen molar-refractivity contribution in [2.75, 3.05) is 32.1 Å². The molecule has 2 heterocycles. The van der Waals surface area contributed by atoms with E-state index in [2.05, 4.69) is 5.16 Å². The summed E-state index contributed by atoms with van der Waals surface area (Å²) in [5, 5.41) is 4.03. The first-order valence-electron chi connectivity index (χ1n) is 8.44. The van der Waals surface area contributed by atoms with E-state index in [0.717, 1.165) is 24.3 Å². The van der Waals surface area contributed by atoms with Crippen molar-refractivity contribution in [3.63, 3.8) is 0 Å². The zero-order valence-corrected chi connectivity index (χ0v) is 15.1. The van der Waals surface area contributed by atoms with Gasteiger partial charge >= 0.3 is 0 Å². The summed E-state index contributed by atoms with van der Waals surface area (Å²) in [6, 6.07) is 1.97. The van der Waals surface area contributed by atoms with Gasteiger partial charge in [-0.1, -0.05) is 5.16 Å². The molecule has 8 heteroatoms. The second kappa shape index (κ2) is 6.84. The molecule has 7 nitrogen and oxygen atoms in total. The van der Waals surface area contributed by atoms with E-state index in [0.29, 0.717) is 31.8 Å². The number of aromatic nitrogens is 1. The first-order chi connectivity index (χ1) is 11.3. The van der Waals surface area contributed by atoms with Crippen molar-refractivity contribution in [1.82, 2.24) is 15.0 Å². The Morgan fingerprint density at radius 3 is 2.71 bits per heavy atom. The fraction of sp³-hybridized carbons (Fsp3) is 0.750. The molecular weight excluding hydrogens is 330 g/mol. The van der Waals surface area contributed by atoms with Crippen molar-refractivity contribution in [3.8, 4) is 0 Å². The fourth-order valence-corrected chi connectivity index (χ4v) is 4.87. The lowest BCUT2D eigenvalue weighted by Gasteiger charge is -2.24. The summed E-state index contributed by atoms with van der Waals surface area (Å²) in [7, 11) is 0.754. The van der Waals surface area contributed by atoms with Gasteiger partial charge in [0.15, 0.2) is 9.84 Å². The summed E-state index contributed by atoms with van der Waals surface area (Å²) in [6.45, 7) is 1.01. The van der Waals surface area contributed by atoms with Gasteiger partial charge in [0.2, 0.25) is 5.91 Å². The first-order valence-corrected chi connectivity index (χ1v) is 10.3. The molecule has 2 fully saturated rings. The van der Waals surface area contributed by atoms with Crippen LogP contribution in [0.2, 0.25) is 0 Å². The van der Waals surface area contributed by atoms with Crippen LogP contribution in [0.15, 0.2) is 10.6 Å². The molecule has 1 aliphatic carbocycles. The van der Waals surface area contributed by atoms with E-state index < -0.39 is 9.84 Å². The molecule has 0 spiro atoms. The highest BCUT2D eigenvalue weighted by Crippen LogP contribution is 2.40. The van der Waals surface area contributed by atoms with Gasteiger partial charge < -0.3 is 14.3 Å². The molecular formula is C16H25N3O4S. The van der Waals surface area contributed by atoms with Gasteiger partial charge in [0, 0.05) is 38.0 Å². The highest BCUT2D eigenvalue weighted by atomic mass is 32.2. The summed E-state index contributed by atoms with van der Waals surface area (Å²) >= 11 is 0. The SMILES string of the molecule is CN(Cc1cc(C2CC2)on1)C(=O)CCN(C)C1CCS(=O)(=O)C1. The highest BCUT2D eigenvalue weighted by Gasteiger charge is 2.31. The Hall–Kier alpha value is -1.41. The Morgan fingerprint density at radius 1 is 1.33 bits per heavy atom. The Balaban J connectivity index is 1.43. The lowest BCUT2D eigenvalue weighted by Crippen LogP contribution is -2.36. The van der Waals surface area contributed by atoms with Gasteiger partial charge in [0.25, 0.3) is 0 Å². The summed E-state index contributed by atoms with van der Waals surface area (Å²) < 4.78 is 28.4. The molecule has 0 aromatic carbocycles. The third-order valence-electron chi connectivity index (χ3n) is 4.89. The summed E-state index contributed by atoms with van der Waals surface area (Å²) in [5.41, 5.74) is 0.781. The lowest BCUT2D eigenvalue weighted by atomic mass is 10.2. The molecule has 1 aliphatic heterocycles. The standard InChI is InChI=1S/C16H25N3O4S/c1-18(14-6-8-24(21,22)11-14)7-5-16(20)19(2)10-13-9-15(23-17-13)12-3-4-12/h9,12,14H,3-8,10-11H2,1-2H3. The van der Waals surface area contributed by atoms with Crippen LogP contribution in [-0.4, -0.2) is 67.5 Å². The molecule has 1 aromatic rings. The molecule has 0 bridgehead atoms. The van der Waals surface area contributed by atoms with Crippen LogP contribution in [0, 0.1) is 0 Å². The predicted molar refractivity (Wildman–Crippen MR) is 89.3 cm³/mol. The minimum atomic E-state index is -2.89. The second-order valence-corrected chi connectivity index (χ2v) is 9.26. The maximum Gasteiger partial charge on any atom is 0.223 e. The maximum atomic E-state index is 12.3. The van der Waals surface area contributed by atoms with Crippen LogP contribution >= 0.6 is 0 Å². The lowest BCUT2D eigenvalue weighted by molar-refractivity contribution is -0.130. The van der Waals surface area contributed by atoms with Crippen molar-refractivity contribution < 1.29 is 17.7 Å². The maximum absolute atomic E-state index is 12.3. The topological polar surface area (TPSA) is 83.7 Å². The molecule has 0 N–H and O–H groups in total. The number of carbonyl (C=O) groups is 1. The van der Waals surface area contributed by atoms with E-state index in [4.69, 9.17) is 4.52 Å². The van der Waals surface area contributed by atoms with Gasteiger partial charge in [-0.3, -0.25) is 4.79 Å². The van der Waals surface area contributed by atoms with Gasteiger partial charge in [-0.05, 0) is 26.3 Å². The van der Waals surface area contributed by atoms with E-state index in [1.54, 1.807) is 11.9 Å². The van der Waals surface area contributed by atoms with E-state index >= 15 is 0 Å². The van der Waals surface area contributed by atoms with Gasteiger partial charge in [0.1, 0.15) is 11.5 Å². The van der Waals surface area contributed by atoms with Gasteiger partial charge in [-0.15, -0.1) is 0 Å². The normalized spacial score (nSPS) is 22.9. The molecule has 1 atom stereocenters. The molecule has 1 amide bonds. The van der Waals surface area contributed by atoms with Crippen molar-refractivity contribution in [2.45, 2.75) is 44.2 Å². The molecule has 1 saturated carbocycles. The molecule has 3 rings (SSSR count). The Bertz CT molecular complexity index is 696. The zero-order chi connectivity index (χ0) is 17.3. The minimum Gasteiger partial charge on any atom is -0.361 e. The third kappa shape index (κ3) is 4.36. The number of sulfone groups is 1. The van der Waals surface area contributed by atoms with Crippen molar-refractivity contribution in [2.24, 2.45) is 0 Å². The van der Waals surface area contributed by atoms with Crippen LogP contribution < -0.4 is 0 Å². The Kier molecular flexibility index (Phi) is 4.96. The first kappa shape index (κ1) is 17.4. The highest BCUT2D eigenvalue weighted by molar-refractivity contribution is 7.91. The van der Waals surface area contributed by atoms with Gasteiger partial charge in [0.05, 0.1) is 18.1 Å². The molecule has 0 radical (unpaired) electrons. The third-order valence-corrected chi connectivity index (χ3v) is 6.64. The van der Waals surface area contributed by atoms with E-state index in [1.165, 1.54) is 0 Å². The molecule has 1 aromatic heterocycles. The van der Waals surface area contributed by atoms with E-state index in [-0.39, 0.29) is 23.5 Å². The monoisotopic (exact) mass is 355 g/mol. The number of hydrogen-bond donors (Lipinski definition) is 0. The number of hydrogen-bond acceptors (Lipinski definition) is 6. The molecule has 2 aliphatic rings. The van der Waals surface area contributed by atoms with Crippen molar-refractivity contribution in [1.29, 1.82) is 0 Å². The molecule has 1 saturated heterocycles. The molecule has 1 unspecified atom stereocenters. The van der Waals surface area contributed by atoms with Crippen LogP contribution in [-0.2, 0) is 21.2 Å². The van der Waals surface area contributed by atoms with Crippen LogP contribution in [0.1, 0.15) is 43.1 Å². The minimum absolute atomic E-state index is 0.0266. The van der Waals surface area contributed by atoms with E-state index in [9.17, 15) is 13.2 Å². The quantitative estimate of drug-likeness (QED) is 0.726.